The van der Waals surface area contributed by atoms with Gasteiger partial charge < -0.3 is 16.0 Å². The first-order chi connectivity index (χ1) is 9.93. The quantitative estimate of drug-likeness (QED) is 0.735. The van der Waals surface area contributed by atoms with Crippen LogP contribution < -0.4 is 16.0 Å². The number of halogens is 1. The minimum Gasteiger partial charge on any atom is -0.368 e. The molecule has 0 unspecified atom stereocenters. The molecule has 0 atom stereocenters. The van der Waals surface area contributed by atoms with E-state index in [0.29, 0.717) is 12.6 Å². The second-order valence-corrected chi connectivity index (χ2v) is 5.55. The zero-order valence-electron chi connectivity index (χ0n) is 13.2. The molecule has 1 rings (SSSR count). The summed E-state index contributed by atoms with van der Waals surface area (Å²) >= 11 is 0. The van der Waals surface area contributed by atoms with Crippen LogP contribution in [-0.4, -0.2) is 25.0 Å². The van der Waals surface area contributed by atoms with Gasteiger partial charge in [-0.1, -0.05) is 27.2 Å². The van der Waals surface area contributed by atoms with Crippen LogP contribution in [0.25, 0.3) is 0 Å². The van der Waals surface area contributed by atoms with Crippen LogP contribution in [0.15, 0.2) is 18.2 Å². The van der Waals surface area contributed by atoms with Crippen molar-refractivity contribution in [2.45, 2.75) is 46.2 Å². The Balaban J connectivity index is 3.00. The van der Waals surface area contributed by atoms with Gasteiger partial charge in [0.2, 0.25) is 5.91 Å². The summed E-state index contributed by atoms with van der Waals surface area (Å²) in [5, 5.41) is 3.28. The van der Waals surface area contributed by atoms with Gasteiger partial charge in [0.1, 0.15) is 5.82 Å². The number of anilines is 1. The highest BCUT2D eigenvalue weighted by molar-refractivity contribution is 5.80. The van der Waals surface area contributed by atoms with Crippen LogP contribution in [0.2, 0.25) is 0 Å². The van der Waals surface area contributed by atoms with Gasteiger partial charge in [-0.05, 0) is 30.2 Å². The minimum absolute atomic E-state index is 0.153. The van der Waals surface area contributed by atoms with Gasteiger partial charge in [-0.25, -0.2) is 4.39 Å². The highest BCUT2D eigenvalue weighted by Gasteiger charge is 2.14. The van der Waals surface area contributed by atoms with Crippen molar-refractivity contribution < 1.29 is 9.18 Å². The van der Waals surface area contributed by atoms with E-state index in [9.17, 15) is 9.18 Å². The number of nitrogens with two attached hydrogens (primary N) is 1. The van der Waals surface area contributed by atoms with Gasteiger partial charge in [-0.15, -0.1) is 0 Å². The SMILES string of the molecule is CCCCN(CC(N)=O)c1ccc(F)cc1CNC(C)C. The summed E-state index contributed by atoms with van der Waals surface area (Å²) < 4.78 is 13.5. The molecule has 0 aromatic heterocycles. The molecule has 0 heterocycles. The molecule has 5 heteroatoms. The van der Waals surface area contributed by atoms with Crippen molar-refractivity contribution in [2.75, 3.05) is 18.0 Å². The molecule has 21 heavy (non-hydrogen) atoms. The molecule has 0 aliphatic carbocycles. The van der Waals surface area contributed by atoms with E-state index in [2.05, 4.69) is 12.2 Å². The summed E-state index contributed by atoms with van der Waals surface area (Å²) in [7, 11) is 0. The molecule has 118 valence electrons. The molecule has 3 N–H and O–H groups in total. The summed E-state index contributed by atoms with van der Waals surface area (Å²) in [5.74, 6) is -0.646. The lowest BCUT2D eigenvalue weighted by Crippen LogP contribution is -2.35. The largest absolute Gasteiger partial charge is 0.368 e. The number of hydrogen-bond acceptors (Lipinski definition) is 3. The molecule has 1 aromatic rings. The highest BCUT2D eigenvalue weighted by atomic mass is 19.1. The fourth-order valence-corrected chi connectivity index (χ4v) is 2.14. The van der Waals surface area contributed by atoms with Crippen LogP contribution >= 0.6 is 0 Å². The number of rotatable bonds is 9. The number of carbonyl (C=O) groups is 1. The summed E-state index contributed by atoms with van der Waals surface area (Å²) in [4.78, 5) is 13.2. The summed E-state index contributed by atoms with van der Waals surface area (Å²) in [6.45, 7) is 7.62. The van der Waals surface area contributed by atoms with Crippen molar-refractivity contribution in [1.29, 1.82) is 0 Å². The number of nitrogens with zero attached hydrogens (tertiary/aromatic N) is 1. The average Bonchev–Trinajstić information content (AvgIpc) is 2.41. The Morgan fingerprint density at radius 2 is 2.14 bits per heavy atom. The van der Waals surface area contributed by atoms with Gasteiger partial charge in [-0.3, -0.25) is 4.79 Å². The third-order valence-corrected chi connectivity index (χ3v) is 3.21. The fourth-order valence-electron chi connectivity index (χ4n) is 2.14. The number of primary amides is 1. The molecule has 1 amide bonds. The van der Waals surface area contributed by atoms with Crippen molar-refractivity contribution in [1.82, 2.24) is 5.32 Å². The predicted molar refractivity (Wildman–Crippen MR) is 84.7 cm³/mol. The summed E-state index contributed by atoms with van der Waals surface area (Å²) in [6, 6.07) is 4.98. The van der Waals surface area contributed by atoms with E-state index in [1.807, 2.05) is 18.7 Å². The smallest absolute Gasteiger partial charge is 0.236 e. The number of hydrogen-bond donors (Lipinski definition) is 2. The number of nitrogens with one attached hydrogen (secondary N) is 1. The Morgan fingerprint density at radius 3 is 2.71 bits per heavy atom. The third-order valence-electron chi connectivity index (χ3n) is 3.21. The van der Waals surface area contributed by atoms with Gasteiger partial charge in [0.25, 0.3) is 0 Å². The Kier molecular flexibility index (Phi) is 7.15. The molecule has 0 saturated heterocycles. The third kappa shape index (κ3) is 6.12. The van der Waals surface area contributed by atoms with Crippen LogP contribution in [0.4, 0.5) is 10.1 Å². The zero-order valence-corrected chi connectivity index (χ0v) is 13.2. The molecule has 1 aromatic carbocycles. The maximum Gasteiger partial charge on any atom is 0.236 e. The van der Waals surface area contributed by atoms with Gasteiger partial charge in [0, 0.05) is 24.8 Å². The monoisotopic (exact) mass is 295 g/mol. The molecule has 0 radical (unpaired) electrons. The van der Waals surface area contributed by atoms with E-state index in [1.165, 1.54) is 12.1 Å². The molecule has 0 fully saturated rings. The lowest BCUT2D eigenvalue weighted by atomic mass is 10.1. The Hall–Kier alpha value is -1.62. The van der Waals surface area contributed by atoms with Crippen molar-refractivity contribution in [2.24, 2.45) is 5.73 Å². The molecule has 0 bridgehead atoms. The fraction of sp³-hybridized carbons (Fsp3) is 0.562. The van der Waals surface area contributed by atoms with Gasteiger partial charge in [-0.2, -0.15) is 0 Å². The highest BCUT2D eigenvalue weighted by Crippen LogP contribution is 2.22. The van der Waals surface area contributed by atoms with Crippen LogP contribution in [0.5, 0.6) is 0 Å². The first-order valence-corrected chi connectivity index (χ1v) is 7.49. The zero-order chi connectivity index (χ0) is 15.8. The molecule has 0 spiro atoms. The lowest BCUT2D eigenvalue weighted by Gasteiger charge is -2.26. The average molecular weight is 295 g/mol. The molecular weight excluding hydrogens is 269 g/mol. The van der Waals surface area contributed by atoms with Crippen molar-refractivity contribution in [3.8, 4) is 0 Å². The van der Waals surface area contributed by atoms with Crippen LogP contribution in [0.1, 0.15) is 39.2 Å². The van der Waals surface area contributed by atoms with Crippen molar-refractivity contribution >= 4 is 11.6 Å². The van der Waals surface area contributed by atoms with Gasteiger partial charge in [0.05, 0.1) is 6.54 Å². The van der Waals surface area contributed by atoms with E-state index >= 15 is 0 Å². The normalized spacial score (nSPS) is 10.9. The minimum atomic E-state index is -0.377. The van der Waals surface area contributed by atoms with E-state index in [1.54, 1.807) is 6.07 Å². The first-order valence-electron chi connectivity index (χ1n) is 7.49. The van der Waals surface area contributed by atoms with Gasteiger partial charge in [0.15, 0.2) is 0 Å². The van der Waals surface area contributed by atoms with Crippen LogP contribution in [0.3, 0.4) is 0 Å². The second-order valence-electron chi connectivity index (χ2n) is 5.55. The second kappa shape index (κ2) is 8.62. The summed E-state index contributed by atoms with van der Waals surface area (Å²) in [6.07, 6.45) is 1.98. The molecule has 0 aliphatic rings. The number of amides is 1. The number of benzene rings is 1. The summed E-state index contributed by atoms with van der Waals surface area (Å²) in [5.41, 5.74) is 7.05. The van der Waals surface area contributed by atoms with E-state index in [-0.39, 0.29) is 18.3 Å². The first kappa shape index (κ1) is 17.4. The maximum atomic E-state index is 13.5. The van der Waals surface area contributed by atoms with Crippen LogP contribution in [-0.2, 0) is 11.3 Å². The van der Waals surface area contributed by atoms with E-state index in [4.69, 9.17) is 5.73 Å². The molecule has 0 aliphatic heterocycles. The Bertz CT molecular complexity index is 463. The maximum absolute atomic E-state index is 13.5. The lowest BCUT2D eigenvalue weighted by molar-refractivity contribution is -0.116. The van der Waals surface area contributed by atoms with Gasteiger partial charge >= 0.3 is 0 Å². The van der Waals surface area contributed by atoms with Crippen LogP contribution in [0, 0.1) is 5.82 Å². The van der Waals surface area contributed by atoms with E-state index in [0.717, 1.165) is 30.6 Å². The molecule has 4 nitrogen and oxygen atoms in total. The molecular formula is C16H26FN3O. The number of carbonyl (C=O) groups excluding carboxylic acids is 1. The Morgan fingerprint density at radius 1 is 1.43 bits per heavy atom. The number of unbranched alkanes of at least 4 members (excludes halogenated alkanes) is 1. The topological polar surface area (TPSA) is 58.4 Å². The standard InChI is InChI=1S/C16H26FN3O/c1-4-5-8-20(11-16(18)21)15-7-6-14(17)9-13(15)10-19-12(2)3/h6-7,9,12,19H,4-5,8,10-11H2,1-3H3,(H2,18,21). The van der Waals surface area contributed by atoms with Crippen molar-refractivity contribution in [3.05, 3.63) is 29.6 Å². The predicted octanol–water partition coefficient (Wildman–Crippen LogP) is 2.42. The van der Waals surface area contributed by atoms with E-state index < -0.39 is 0 Å². The van der Waals surface area contributed by atoms with Crippen molar-refractivity contribution in [3.63, 3.8) is 0 Å². The molecule has 0 saturated carbocycles. The Labute approximate surface area is 126 Å².